The predicted octanol–water partition coefficient (Wildman–Crippen LogP) is 3.55. The van der Waals surface area contributed by atoms with Crippen LogP contribution in [-0.4, -0.2) is 82.5 Å². The van der Waals surface area contributed by atoms with Gasteiger partial charge < -0.3 is 19.4 Å². The number of carbonyl (C=O) groups excluding carboxylic acids is 2. The average molecular weight is 517 g/mol. The monoisotopic (exact) mass is 516 g/mol. The average Bonchev–Trinajstić information content (AvgIpc) is 3.52. The third kappa shape index (κ3) is 6.25. The molecule has 1 aromatic carbocycles. The van der Waals surface area contributed by atoms with E-state index in [1.807, 2.05) is 17.0 Å². The maximum atomic E-state index is 13.2. The number of nitrogens with zero attached hydrogens (tertiary/aromatic N) is 4. The number of piperazine rings is 1. The van der Waals surface area contributed by atoms with Gasteiger partial charge in [0.15, 0.2) is 0 Å². The molecule has 0 spiro atoms. The van der Waals surface area contributed by atoms with Crippen LogP contribution in [0.4, 0.5) is 21.1 Å². The number of hydrogen-bond acceptors (Lipinski definition) is 6. The smallest absolute Gasteiger partial charge is 0.413 e. The van der Waals surface area contributed by atoms with Crippen LogP contribution < -0.4 is 14.9 Å². The maximum Gasteiger partial charge on any atom is 0.413 e. The Bertz CT molecular complexity index is 1180. The highest BCUT2D eigenvalue weighted by molar-refractivity contribution is 7.83. The first kappa shape index (κ1) is 26.2. The fourth-order valence-electron chi connectivity index (χ4n) is 4.03. The van der Waals surface area contributed by atoms with E-state index in [-0.39, 0.29) is 11.6 Å². The second-order valence-electron chi connectivity index (χ2n) is 10.9. The van der Waals surface area contributed by atoms with E-state index >= 15 is 0 Å². The summed E-state index contributed by atoms with van der Waals surface area (Å²) in [5, 5.41) is 3.57. The Morgan fingerprint density at radius 3 is 2.36 bits per heavy atom. The summed E-state index contributed by atoms with van der Waals surface area (Å²) >= 11 is 0. The number of pyridine rings is 1. The molecular formula is C25H36N6O4S. The van der Waals surface area contributed by atoms with E-state index in [9.17, 15) is 13.8 Å². The summed E-state index contributed by atoms with van der Waals surface area (Å²) in [6.45, 7) is 9.94. The fraction of sp³-hybridized carbons (Fsp3) is 0.560. The van der Waals surface area contributed by atoms with Crippen LogP contribution in [0.1, 0.15) is 40.5 Å². The zero-order valence-corrected chi connectivity index (χ0v) is 22.7. The summed E-state index contributed by atoms with van der Waals surface area (Å²) in [6.07, 6.45) is 1.39. The Morgan fingerprint density at radius 2 is 1.78 bits per heavy atom. The van der Waals surface area contributed by atoms with Crippen molar-refractivity contribution in [1.82, 2.24) is 19.5 Å². The standard InChI is InChI=1S/C25H36N6O4S/c1-24(2,3)35-22(32)27-21-8-7-18-19(26-21)15-17(36(34)28-25(4)9-10-25)16-20(18)30-11-13-31(14-12-30)23(33)29(5)6/h7-8,15-16,28H,9-14H2,1-6H3,(H,26,27,32). The molecule has 3 amide bonds. The molecule has 2 N–H and O–H groups in total. The number of ether oxygens (including phenoxy) is 1. The van der Waals surface area contributed by atoms with Gasteiger partial charge in [0.25, 0.3) is 0 Å². The van der Waals surface area contributed by atoms with Crippen LogP contribution in [0.25, 0.3) is 10.9 Å². The molecule has 4 rings (SSSR count). The van der Waals surface area contributed by atoms with E-state index in [0.717, 1.165) is 23.9 Å². The third-order valence-electron chi connectivity index (χ3n) is 6.21. The molecule has 2 aromatic rings. The Labute approximate surface area is 214 Å². The van der Waals surface area contributed by atoms with Gasteiger partial charge in [-0.3, -0.25) is 5.32 Å². The van der Waals surface area contributed by atoms with Gasteiger partial charge >= 0.3 is 12.1 Å². The van der Waals surface area contributed by atoms with Gasteiger partial charge in [0.1, 0.15) is 22.4 Å². The van der Waals surface area contributed by atoms with Gasteiger partial charge in [-0.05, 0) is 64.8 Å². The molecule has 2 fully saturated rings. The molecule has 36 heavy (non-hydrogen) atoms. The summed E-state index contributed by atoms with van der Waals surface area (Å²) in [5.41, 5.74) is 0.802. The predicted molar refractivity (Wildman–Crippen MR) is 142 cm³/mol. The second kappa shape index (κ2) is 9.85. The summed E-state index contributed by atoms with van der Waals surface area (Å²) in [6, 6.07) is 7.39. The van der Waals surface area contributed by atoms with Gasteiger partial charge in [0, 0.05) is 56.9 Å². The molecular weight excluding hydrogens is 480 g/mol. The number of benzene rings is 1. The van der Waals surface area contributed by atoms with Crippen molar-refractivity contribution in [3.8, 4) is 0 Å². The van der Waals surface area contributed by atoms with Crippen LogP contribution in [0, 0.1) is 0 Å². The first-order chi connectivity index (χ1) is 16.8. The lowest BCUT2D eigenvalue weighted by molar-refractivity contribution is 0.0635. The van der Waals surface area contributed by atoms with Crippen LogP contribution in [0.3, 0.4) is 0 Å². The highest BCUT2D eigenvalue weighted by atomic mass is 32.2. The molecule has 1 unspecified atom stereocenters. The highest BCUT2D eigenvalue weighted by Gasteiger charge is 2.39. The van der Waals surface area contributed by atoms with Gasteiger partial charge in [-0.1, -0.05) is 0 Å². The number of hydrogen-bond donors (Lipinski definition) is 2. The van der Waals surface area contributed by atoms with Crippen molar-refractivity contribution in [3.63, 3.8) is 0 Å². The Balaban J connectivity index is 1.64. The molecule has 1 atom stereocenters. The summed E-state index contributed by atoms with van der Waals surface area (Å²) in [4.78, 5) is 35.5. The first-order valence-corrected chi connectivity index (χ1v) is 13.3. The van der Waals surface area contributed by atoms with Gasteiger partial charge in [-0.2, -0.15) is 0 Å². The number of urea groups is 1. The van der Waals surface area contributed by atoms with Crippen molar-refractivity contribution < 1.29 is 18.5 Å². The topological polar surface area (TPSA) is 107 Å². The quantitative estimate of drug-likeness (QED) is 0.630. The number of anilines is 2. The lowest BCUT2D eigenvalue weighted by atomic mass is 10.1. The Hall–Kier alpha value is -2.92. The van der Waals surface area contributed by atoms with Gasteiger partial charge in [-0.25, -0.2) is 23.5 Å². The molecule has 2 heterocycles. The summed E-state index contributed by atoms with van der Waals surface area (Å²) < 4.78 is 21.8. The van der Waals surface area contributed by atoms with E-state index in [1.54, 1.807) is 51.9 Å². The lowest BCUT2D eigenvalue weighted by Crippen LogP contribution is -2.51. The second-order valence-corrected chi connectivity index (χ2v) is 12.1. The molecule has 10 nitrogen and oxygen atoms in total. The van der Waals surface area contributed by atoms with Crippen molar-refractivity contribution >= 4 is 45.5 Å². The molecule has 11 heteroatoms. The minimum Gasteiger partial charge on any atom is -0.444 e. The normalized spacial score (nSPS) is 18.1. The molecule has 1 aliphatic carbocycles. The Kier molecular flexibility index (Phi) is 7.16. The van der Waals surface area contributed by atoms with E-state index in [2.05, 4.69) is 26.8 Å². The molecule has 1 aromatic heterocycles. The number of nitrogens with one attached hydrogen (secondary N) is 2. The van der Waals surface area contributed by atoms with Crippen LogP contribution >= 0.6 is 0 Å². The third-order valence-corrected chi connectivity index (χ3v) is 7.56. The van der Waals surface area contributed by atoms with Crippen molar-refractivity contribution in [1.29, 1.82) is 0 Å². The minimum atomic E-state index is -1.41. The van der Waals surface area contributed by atoms with E-state index in [0.29, 0.717) is 42.4 Å². The summed E-state index contributed by atoms with van der Waals surface area (Å²) in [7, 11) is 2.09. The minimum absolute atomic E-state index is 0.00392. The Morgan fingerprint density at radius 1 is 1.11 bits per heavy atom. The molecule has 2 aliphatic rings. The van der Waals surface area contributed by atoms with Gasteiger partial charge in [-0.15, -0.1) is 0 Å². The maximum absolute atomic E-state index is 13.2. The van der Waals surface area contributed by atoms with Crippen molar-refractivity contribution in [2.45, 2.75) is 56.6 Å². The molecule has 0 radical (unpaired) electrons. The van der Waals surface area contributed by atoms with E-state index in [1.165, 1.54) is 0 Å². The van der Waals surface area contributed by atoms with Crippen molar-refractivity contribution in [3.05, 3.63) is 24.3 Å². The van der Waals surface area contributed by atoms with E-state index < -0.39 is 22.7 Å². The van der Waals surface area contributed by atoms with Gasteiger partial charge in [0.05, 0.1) is 10.4 Å². The van der Waals surface area contributed by atoms with Crippen LogP contribution in [-0.2, 0) is 15.7 Å². The lowest BCUT2D eigenvalue weighted by Gasteiger charge is -2.37. The number of carbonyl (C=O) groups is 2. The SMILES string of the molecule is CN(C)C(=O)N1CCN(c2cc(S(=O)NC3(C)CC3)cc3nc(NC(=O)OC(C)(C)C)ccc23)CC1. The molecule has 1 aliphatic heterocycles. The van der Waals surface area contributed by atoms with Crippen molar-refractivity contribution in [2.75, 3.05) is 50.5 Å². The van der Waals surface area contributed by atoms with E-state index in [4.69, 9.17) is 4.74 Å². The largest absolute Gasteiger partial charge is 0.444 e. The molecule has 1 saturated carbocycles. The highest BCUT2D eigenvalue weighted by Crippen LogP contribution is 2.36. The number of aromatic nitrogens is 1. The molecule has 1 saturated heterocycles. The zero-order valence-electron chi connectivity index (χ0n) is 21.9. The van der Waals surface area contributed by atoms with Gasteiger partial charge in [0.2, 0.25) is 0 Å². The summed E-state index contributed by atoms with van der Waals surface area (Å²) in [5.74, 6) is 0.356. The van der Waals surface area contributed by atoms with Crippen LogP contribution in [0.2, 0.25) is 0 Å². The first-order valence-electron chi connectivity index (χ1n) is 12.2. The molecule has 0 bridgehead atoms. The van der Waals surface area contributed by atoms with Crippen LogP contribution in [0.5, 0.6) is 0 Å². The number of rotatable bonds is 5. The number of fused-ring (bicyclic) bond motifs is 1. The van der Waals surface area contributed by atoms with Crippen molar-refractivity contribution in [2.24, 2.45) is 0 Å². The molecule has 196 valence electrons. The number of amides is 3. The van der Waals surface area contributed by atoms with Crippen LogP contribution in [0.15, 0.2) is 29.2 Å². The fourth-order valence-corrected chi connectivity index (χ4v) is 5.24. The zero-order chi connectivity index (χ0) is 26.3.